The third-order valence-corrected chi connectivity index (χ3v) is 4.66. The Morgan fingerprint density at radius 3 is 2.88 bits per heavy atom. The number of amides is 1. The van der Waals surface area contributed by atoms with Gasteiger partial charge >= 0.3 is 5.97 Å². The number of hydrogen-bond donors (Lipinski definition) is 1. The smallest absolute Gasteiger partial charge is 0.344 e. The quantitative estimate of drug-likeness (QED) is 0.830. The van der Waals surface area contributed by atoms with Crippen LogP contribution in [0.4, 0.5) is 0 Å². The zero-order valence-electron chi connectivity index (χ0n) is 15.4. The Bertz CT molecular complexity index is 810. The molecule has 0 spiro atoms. The molecule has 3 rings (SSSR count). The van der Waals surface area contributed by atoms with Gasteiger partial charge in [0.1, 0.15) is 5.56 Å². The Morgan fingerprint density at radius 2 is 2.12 bits per heavy atom. The van der Waals surface area contributed by atoms with Crippen molar-refractivity contribution in [2.45, 2.75) is 52.0 Å². The number of ether oxygens (including phenoxy) is 1. The molecule has 0 saturated carbocycles. The van der Waals surface area contributed by atoms with Gasteiger partial charge in [-0.2, -0.15) is 0 Å². The summed E-state index contributed by atoms with van der Waals surface area (Å²) in [5.74, 6) is -0.396. The lowest BCUT2D eigenvalue weighted by molar-refractivity contribution is -0.125. The Kier molecular flexibility index (Phi) is 5.40. The van der Waals surface area contributed by atoms with E-state index in [9.17, 15) is 9.59 Å². The molecule has 1 aromatic carbocycles. The second-order valence-corrected chi connectivity index (χ2v) is 6.95. The first kappa shape index (κ1) is 18.2. The molecule has 1 atom stereocenters. The van der Waals surface area contributed by atoms with E-state index in [1.54, 1.807) is 6.92 Å². The number of nitrogens with zero attached hydrogens (tertiary/aromatic N) is 1. The predicted molar refractivity (Wildman–Crippen MR) is 95.9 cm³/mol. The number of carbonyl (C=O) groups excluding carboxylic acids is 2. The van der Waals surface area contributed by atoms with E-state index in [2.05, 4.69) is 16.5 Å². The van der Waals surface area contributed by atoms with E-state index in [0.717, 1.165) is 24.8 Å². The first-order chi connectivity index (χ1) is 12.5. The monoisotopic (exact) mass is 356 g/mol. The maximum atomic E-state index is 12.3. The van der Waals surface area contributed by atoms with E-state index in [1.165, 1.54) is 5.56 Å². The van der Waals surface area contributed by atoms with Gasteiger partial charge in [0.05, 0.1) is 11.7 Å². The minimum absolute atomic E-state index is 0.00585. The van der Waals surface area contributed by atoms with Crippen molar-refractivity contribution in [3.05, 3.63) is 52.4 Å². The molecule has 0 bridgehead atoms. The first-order valence-corrected chi connectivity index (χ1v) is 8.97. The molecule has 1 amide bonds. The molecule has 0 aliphatic heterocycles. The summed E-state index contributed by atoms with van der Waals surface area (Å²) in [5, 5.41) is 6.80. The molecule has 1 aromatic heterocycles. The number of fused-ring (bicyclic) bond motifs is 1. The van der Waals surface area contributed by atoms with Crippen molar-refractivity contribution >= 4 is 11.9 Å². The highest BCUT2D eigenvalue weighted by Gasteiger charge is 2.25. The first-order valence-electron chi connectivity index (χ1n) is 8.97. The van der Waals surface area contributed by atoms with E-state index in [-0.39, 0.29) is 24.5 Å². The number of benzene rings is 1. The van der Waals surface area contributed by atoms with Crippen molar-refractivity contribution < 1.29 is 18.8 Å². The summed E-state index contributed by atoms with van der Waals surface area (Å²) in [4.78, 5) is 24.6. The lowest BCUT2D eigenvalue weighted by Gasteiger charge is -2.26. The SMILES string of the molecule is Cc1noc(C(C)C)c1C(=O)OCC(=O)N[C@@H]1CCCc2ccccc21. The molecule has 1 heterocycles. The van der Waals surface area contributed by atoms with Gasteiger partial charge in [0, 0.05) is 5.92 Å². The molecule has 0 fully saturated rings. The third kappa shape index (κ3) is 3.79. The van der Waals surface area contributed by atoms with Gasteiger partial charge in [-0.05, 0) is 37.3 Å². The zero-order chi connectivity index (χ0) is 18.7. The van der Waals surface area contributed by atoms with Crippen molar-refractivity contribution in [3.8, 4) is 0 Å². The summed E-state index contributed by atoms with van der Waals surface area (Å²) in [6.07, 6.45) is 2.95. The molecule has 138 valence electrons. The van der Waals surface area contributed by atoms with Crippen molar-refractivity contribution in [1.82, 2.24) is 10.5 Å². The average Bonchev–Trinajstić information content (AvgIpc) is 3.02. The maximum absolute atomic E-state index is 12.3. The summed E-state index contributed by atoms with van der Waals surface area (Å²) in [7, 11) is 0. The third-order valence-electron chi connectivity index (χ3n) is 4.66. The van der Waals surface area contributed by atoms with Crippen LogP contribution in [-0.2, 0) is 16.0 Å². The Balaban J connectivity index is 1.60. The van der Waals surface area contributed by atoms with Crippen LogP contribution in [0.5, 0.6) is 0 Å². The largest absolute Gasteiger partial charge is 0.452 e. The molecule has 2 aromatic rings. The standard InChI is InChI=1S/C20H24N2O4/c1-12(2)19-18(13(3)22-26-19)20(24)25-11-17(23)21-16-10-6-8-14-7-4-5-9-15(14)16/h4-5,7,9,12,16H,6,8,10-11H2,1-3H3,(H,21,23)/t16-/m1/s1. The van der Waals surface area contributed by atoms with Gasteiger partial charge in [-0.1, -0.05) is 43.3 Å². The van der Waals surface area contributed by atoms with E-state index in [0.29, 0.717) is 17.0 Å². The number of nitrogens with one attached hydrogen (secondary N) is 1. The molecule has 1 aliphatic rings. The van der Waals surface area contributed by atoms with Gasteiger partial charge in [0.2, 0.25) is 0 Å². The van der Waals surface area contributed by atoms with Crippen LogP contribution in [0.1, 0.15) is 71.6 Å². The maximum Gasteiger partial charge on any atom is 0.344 e. The number of rotatable bonds is 5. The second kappa shape index (κ2) is 7.72. The fourth-order valence-electron chi connectivity index (χ4n) is 3.37. The minimum atomic E-state index is -0.577. The van der Waals surface area contributed by atoms with E-state index < -0.39 is 5.97 Å². The number of esters is 1. The number of aromatic nitrogens is 1. The lowest BCUT2D eigenvalue weighted by atomic mass is 9.88. The highest BCUT2D eigenvalue weighted by Crippen LogP contribution is 2.29. The van der Waals surface area contributed by atoms with Gasteiger partial charge in [-0.25, -0.2) is 4.79 Å². The topological polar surface area (TPSA) is 81.4 Å². The predicted octanol–water partition coefficient (Wildman–Crippen LogP) is 3.46. The molecule has 26 heavy (non-hydrogen) atoms. The Hall–Kier alpha value is -2.63. The fraction of sp³-hybridized carbons (Fsp3) is 0.450. The van der Waals surface area contributed by atoms with Crippen molar-refractivity contribution in [3.63, 3.8) is 0 Å². The van der Waals surface area contributed by atoms with Crippen LogP contribution in [0.3, 0.4) is 0 Å². The molecule has 1 N–H and O–H groups in total. The van der Waals surface area contributed by atoms with Crippen LogP contribution in [0.25, 0.3) is 0 Å². The lowest BCUT2D eigenvalue weighted by Crippen LogP contribution is -2.34. The summed E-state index contributed by atoms with van der Waals surface area (Å²) in [6.45, 7) is 5.18. The van der Waals surface area contributed by atoms with E-state index >= 15 is 0 Å². The summed E-state index contributed by atoms with van der Waals surface area (Å²) in [5.41, 5.74) is 3.20. The highest BCUT2D eigenvalue weighted by molar-refractivity contribution is 5.93. The van der Waals surface area contributed by atoms with Gasteiger partial charge in [0.25, 0.3) is 5.91 Å². The molecular formula is C20H24N2O4. The van der Waals surface area contributed by atoms with Crippen molar-refractivity contribution in [2.24, 2.45) is 0 Å². The molecule has 0 unspecified atom stereocenters. The summed E-state index contributed by atoms with van der Waals surface area (Å²) < 4.78 is 10.4. The van der Waals surface area contributed by atoms with Crippen molar-refractivity contribution in [1.29, 1.82) is 0 Å². The van der Waals surface area contributed by atoms with Crippen LogP contribution >= 0.6 is 0 Å². The molecule has 6 heteroatoms. The molecule has 1 aliphatic carbocycles. The fourth-order valence-corrected chi connectivity index (χ4v) is 3.37. The van der Waals surface area contributed by atoms with E-state index in [1.807, 2.05) is 32.0 Å². The number of hydrogen-bond acceptors (Lipinski definition) is 5. The Morgan fingerprint density at radius 1 is 1.35 bits per heavy atom. The Labute approximate surface area is 152 Å². The van der Waals surface area contributed by atoms with Crippen LogP contribution in [-0.4, -0.2) is 23.6 Å². The minimum Gasteiger partial charge on any atom is -0.452 e. The normalized spacial score (nSPS) is 16.2. The van der Waals surface area contributed by atoms with Crippen molar-refractivity contribution in [2.75, 3.05) is 6.61 Å². The van der Waals surface area contributed by atoms with Crippen LogP contribution in [0.15, 0.2) is 28.8 Å². The van der Waals surface area contributed by atoms with Gasteiger partial charge in [0.15, 0.2) is 12.4 Å². The number of aryl methyl sites for hydroxylation is 2. The number of carbonyl (C=O) groups is 2. The molecule has 6 nitrogen and oxygen atoms in total. The molecule has 0 radical (unpaired) electrons. The van der Waals surface area contributed by atoms with Crippen LogP contribution < -0.4 is 5.32 Å². The van der Waals surface area contributed by atoms with Gasteiger partial charge in [-0.3, -0.25) is 4.79 Å². The summed E-state index contributed by atoms with van der Waals surface area (Å²) in [6, 6.07) is 8.09. The molecule has 0 saturated heterocycles. The highest BCUT2D eigenvalue weighted by atomic mass is 16.5. The average molecular weight is 356 g/mol. The van der Waals surface area contributed by atoms with Crippen LogP contribution in [0, 0.1) is 6.92 Å². The second-order valence-electron chi connectivity index (χ2n) is 6.95. The van der Waals surface area contributed by atoms with Crippen LogP contribution in [0.2, 0.25) is 0 Å². The molecular weight excluding hydrogens is 332 g/mol. The van der Waals surface area contributed by atoms with Gasteiger partial charge < -0.3 is 14.6 Å². The summed E-state index contributed by atoms with van der Waals surface area (Å²) >= 11 is 0. The zero-order valence-corrected chi connectivity index (χ0v) is 15.4. The van der Waals surface area contributed by atoms with E-state index in [4.69, 9.17) is 9.26 Å². The van der Waals surface area contributed by atoms with Gasteiger partial charge in [-0.15, -0.1) is 0 Å².